The van der Waals surface area contributed by atoms with Crippen molar-refractivity contribution in [3.63, 3.8) is 0 Å². The van der Waals surface area contributed by atoms with E-state index >= 15 is 0 Å². The Balaban J connectivity index is 1.82. The first-order valence-corrected chi connectivity index (χ1v) is 11.7. The van der Waals surface area contributed by atoms with Crippen LogP contribution in [-0.2, 0) is 18.9 Å². The van der Waals surface area contributed by atoms with Crippen LogP contribution in [-0.4, -0.2) is 30.5 Å². The minimum Gasteiger partial charge on any atom is -0.382 e. The summed E-state index contributed by atoms with van der Waals surface area (Å²) in [5, 5.41) is 9.89. The monoisotopic (exact) mass is 562 g/mol. The van der Waals surface area contributed by atoms with Crippen LogP contribution in [0.3, 0.4) is 0 Å². The van der Waals surface area contributed by atoms with Crippen LogP contribution in [0.4, 0.5) is 50.9 Å². The van der Waals surface area contributed by atoms with E-state index in [2.05, 4.69) is 0 Å². The van der Waals surface area contributed by atoms with Crippen LogP contribution in [0, 0.1) is 6.92 Å². The Kier molecular flexibility index (Phi) is 7.54. The average molecular weight is 562 g/mol. The van der Waals surface area contributed by atoms with Crippen molar-refractivity contribution in [3.05, 3.63) is 94.5 Å². The van der Waals surface area contributed by atoms with Crippen LogP contribution in [0.5, 0.6) is 0 Å². The van der Waals surface area contributed by atoms with Gasteiger partial charge in [0.15, 0.2) is 6.10 Å². The number of alkyl halides is 9. The van der Waals surface area contributed by atoms with E-state index in [1.807, 2.05) is 0 Å². The molecule has 1 unspecified atom stereocenters. The third-order valence-corrected chi connectivity index (χ3v) is 6.69. The van der Waals surface area contributed by atoms with Crippen molar-refractivity contribution in [2.24, 2.45) is 0 Å². The summed E-state index contributed by atoms with van der Waals surface area (Å²) in [6, 6.07) is 12.4. The fourth-order valence-corrected chi connectivity index (χ4v) is 4.64. The number of hydrogen-bond acceptors (Lipinski definition) is 3. The van der Waals surface area contributed by atoms with Crippen molar-refractivity contribution < 1.29 is 44.6 Å². The van der Waals surface area contributed by atoms with E-state index in [1.165, 1.54) is 29.2 Å². The molecule has 1 heterocycles. The van der Waals surface area contributed by atoms with Gasteiger partial charge in [-0.25, -0.2) is 0 Å². The Morgan fingerprint density at radius 3 is 2.03 bits per heavy atom. The maximum atomic E-state index is 13.5. The van der Waals surface area contributed by atoms with E-state index in [9.17, 15) is 44.6 Å². The summed E-state index contributed by atoms with van der Waals surface area (Å²) in [6.45, 7) is 0.413. The van der Waals surface area contributed by atoms with E-state index in [4.69, 9.17) is 0 Å². The molecule has 0 amide bonds. The minimum atomic E-state index is -4.99. The smallest absolute Gasteiger partial charge is 0.382 e. The van der Waals surface area contributed by atoms with Gasteiger partial charge in [0.05, 0.1) is 35.1 Å². The molecule has 0 saturated carbocycles. The summed E-state index contributed by atoms with van der Waals surface area (Å²) < 4.78 is 121. The predicted molar refractivity (Wildman–Crippen MR) is 127 cm³/mol. The number of aryl methyl sites for hydroxylation is 1. The molecule has 1 N–H and O–H groups in total. The lowest BCUT2D eigenvalue weighted by Gasteiger charge is -2.46. The first-order valence-electron chi connectivity index (χ1n) is 11.7. The Labute approximate surface area is 218 Å². The summed E-state index contributed by atoms with van der Waals surface area (Å²) in [7, 11) is 0. The molecule has 0 fully saturated rings. The van der Waals surface area contributed by atoms with Gasteiger partial charge in [-0.05, 0) is 60.0 Å². The van der Waals surface area contributed by atoms with Gasteiger partial charge in [0, 0.05) is 13.1 Å². The Morgan fingerprint density at radius 1 is 0.795 bits per heavy atom. The van der Waals surface area contributed by atoms with E-state index in [-0.39, 0.29) is 24.3 Å². The number of benzene rings is 3. The number of para-hydroxylation sites is 2. The zero-order valence-electron chi connectivity index (χ0n) is 20.4. The summed E-state index contributed by atoms with van der Waals surface area (Å²) >= 11 is 0. The second-order valence-electron chi connectivity index (χ2n) is 9.36. The molecule has 1 aliphatic heterocycles. The van der Waals surface area contributed by atoms with E-state index in [1.54, 1.807) is 24.0 Å². The second kappa shape index (κ2) is 10.3. The lowest BCUT2D eigenvalue weighted by molar-refractivity contribution is -0.200. The van der Waals surface area contributed by atoms with Crippen LogP contribution < -0.4 is 9.80 Å². The van der Waals surface area contributed by atoms with Crippen molar-refractivity contribution in [1.29, 1.82) is 0 Å². The number of aliphatic hydroxyl groups excluding tert-OH is 1. The standard InChI is InChI=1S/C27H23F9N2O/c1-16-9-10-20(26(31,32)33)12-18(16)13-37-14-23(17-5-4-6-19(11-17)25(28,29)30)38(15-24(39)27(34,35)36)22-8-3-2-7-21(22)37/h2-12,23-24,39H,13-15H2,1H3/t23?,24-/m1/s1. The normalized spacial score (nSPS) is 17.3. The number of β-amino-alcohol motifs (C(OH)–C–C–N with tert-alkyl or cyclic N) is 1. The van der Waals surface area contributed by atoms with Crippen molar-refractivity contribution in [2.45, 2.75) is 44.1 Å². The number of hydrogen-bond donors (Lipinski definition) is 1. The molecule has 210 valence electrons. The SMILES string of the molecule is Cc1ccc(C(F)(F)F)cc1CN1CC(c2cccc(C(F)(F)F)c2)N(C[C@@H](O)C(F)(F)F)c2ccccc21. The maximum Gasteiger partial charge on any atom is 0.416 e. The molecule has 3 nitrogen and oxygen atoms in total. The molecule has 12 heteroatoms. The molecule has 3 aromatic rings. The molecule has 2 atom stereocenters. The van der Waals surface area contributed by atoms with Gasteiger partial charge in [0.25, 0.3) is 0 Å². The summed E-state index contributed by atoms with van der Waals surface area (Å²) in [5.74, 6) is 0. The highest BCUT2D eigenvalue weighted by Gasteiger charge is 2.43. The minimum absolute atomic E-state index is 0.0412. The fourth-order valence-electron chi connectivity index (χ4n) is 4.64. The second-order valence-corrected chi connectivity index (χ2v) is 9.36. The third-order valence-electron chi connectivity index (χ3n) is 6.69. The molecule has 0 radical (unpaired) electrons. The fraction of sp³-hybridized carbons (Fsp3) is 0.333. The Bertz CT molecular complexity index is 1320. The zero-order chi connectivity index (χ0) is 28.8. The van der Waals surface area contributed by atoms with E-state index < -0.39 is 48.3 Å². The highest BCUT2D eigenvalue weighted by atomic mass is 19.4. The highest BCUT2D eigenvalue weighted by Crippen LogP contribution is 2.43. The van der Waals surface area contributed by atoms with Crippen molar-refractivity contribution in [3.8, 4) is 0 Å². The van der Waals surface area contributed by atoms with Gasteiger partial charge < -0.3 is 14.9 Å². The molecular weight excluding hydrogens is 539 g/mol. The van der Waals surface area contributed by atoms with Gasteiger partial charge in [-0.15, -0.1) is 0 Å². The molecule has 1 aliphatic rings. The average Bonchev–Trinajstić information content (AvgIpc) is 2.84. The van der Waals surface area contributed by atoms with Crippen molar-refractivity contribution >= 4 is 11.4 Å². The first-order chi connectivity index (χ1) is 18.1. The quantitative estimate of drug-likeness (QED) is 0.326. The number of aliphatic hydroxyl groups is 1. The number of rotatable bonds is 5. The topological polar surface area (TPSA) is 26.7 Å². The summed E-state index contributed by atoms with van der Waals surface area (Å²) in [5.41, 5.74) is -0.448. The van der Waals surface area contributed by atoms with Gasteiger partial charge in [-0.2, -0.15) is 39.5 Å². The van der Waals surface area contributed by atoms with E-state index in [0.717, 1.165) is 30.3 Å². The van der Waals surface area contributed by atoms with Crippen LogP contribution in [0.15, 0.2) is 66.7 Å². The zero-order valence-corrected chi connectivity index (χ0v) is 20.4. The van der Waals surface area contributed by atoms with Crippen LogP contribution in [0.2, 0.25) is 0 Å². The number of halogens is 9. The Hall–Kier alpha value is -3.41. The van der Waals surface area contributed by atoms with Crippen molar-refractivity contribution in [2.75, 3.05) is 22.9 Å². The number of nitrogens with zero attached hydrogens (tertiary/aromatic N) is 2. The maximum absolute atomic E-state index is 13.5. The van der Waals surface area contributed by atoms with Crippen molar-refractivity contribution in [1.82, 2.24) is 0 Å². The molecule has 0 spiro atoms. The molecule has 0 bridgehead atoms. The first kappa shape index (κ1) is 28.6. The van der Waals surface area contributed by atoms with Gasteiger partial charge in [-0.3, -0.25) is 0 Å². The lowest BCUT2D eigenvalue weighted by atomic mass is 9.96. The van der Waals surface area contributed by atoms with Crippen LogP contribution in [0.1, 0.15) is 33.9 Å². The van der Waals surface area contributed by atoms with Gasteiger partial charge in [-0.1, -0.05) is 30.3 Å². The van der Waals surface area contributed by atoms with Gasteiger partial charge in [0.1, 0.15) is 0 Å². The van der Waals surface area contributed by atoms with E-state index in [0.29, 0.717) is 16.8 Å². The molecule has 3 aromatic carbocycles. The number of anilines is 2. The van der Waals surface area contributed by atoms with Crippen LogP contribution >= 0.6 is 0 Å². The number of fused-ring (bicyclic) bond motifs is 1. The molecule has 0 aromatic heterocycles. The summed E-state index contributed by atoms with van der Waals surface area (Å²) in [6.07, 6.45) is -17.1. The van der Waals surface area contributed by atoms with Crippen LogP contribution in [0.25, 0.3) is 0 Å². The predicted octanol–water partition coefficient (Wildman–Crippen LogP) is 7.52. The lowest BCUT2D eigenvalue weighted by Crippen LogP contribution is -2.49. The largest absolute Gasteiger partial charge is 0.416 e. The Morgan fingerprint density at radius 2 is 1.41 bits per heavy atom. The molecule has 0 aliphatic carbocycles. The molecule has 39 heavy (non-hydrogen) atoms. The molecule has 4 rings (SSSR count). The third kappa shape index (κ3) is 6.26. The van der Waals surface area contributed by atoms with Gasteiger partial charge in [0.2, 0.25) is 0 Å². The molecule has 0 saturated heterocycles. The van der Waals surface area contributed by atoms with Gasteiger partial charge >= 0.3 is 18.5 Å². The highest BCUT2D eigenvalue weighted by molar-refractivity contribution is 5.75. The summed E-state index contributed by atoms with van der Waals surface area (Å²) in [4.78, 5) is 2.82. The molecular formula is C27H23F9N2O.